The Bertz CT molecular complexity index is 782. The van der Waals surface area contributed by atoms with Crippen LogP contribution in [0.15, 0.2) is 54.7 Å². The largest absolute Gasteiger partial charge is 0.372 e. The number of benzene rings is 2. The van der Waals surface area contributed by atoms with Crippen molar-refractivity contribution in [1.82, 2.24) is 10.6 Å². The highest BCUT2D eigenvalue weighted by atomic mass is 15.2. The van der Waals surface area contributed by atoms with Gasteiger partial charge < -0.3 is 15.5 Å². The van der Waals surface area contributed by atoms with Gasteiger partial charge in [0.25, 0.3) is 0 Å². The average molecular weight is 348 g/mol. The highest BCUT2D eigenvalue weighted by Crippen LogP contribution is 2.37. The van der Waals surface area contributed by atoms with Crippen LogP contribution in [0.4, 0.5) is 5.69 Å². The number of nitrogens with one attached hydrogen (secondary N) is 2. The van der Waals surface area contributed by atoms with E-state index in [2.05, 4.69) is 84.8 Å². The first-order chi connectivity index (χ1) is 12.5. The van der Waals surface area contributed by atoms with Crippen LogP contribution in [-0.2, 0) is 5.41 Å². The van der Waals surface area contributed by atoms with Crippen molar-refractivity contribution < 1.29 is 0 Å². The zero-order valence-corrected chi connectivity index (χ0v) is 16.0. The molecule has 2 aromatic rings. The monoisotopic (exact) mass is 347 g/mol. The fraction of sp³-hybridized carbons (Fsp3) is 0.391. The van der Waals surface area contributed by atoms with Gasteiger partial charge >= 0.3 is 0 Å². The lowest BCUT2D eigenvalue weighted by Gasteiger charge is -2.28. The molecule has 0 spiro atoms. The van der Waals surface area contributed by atoms with E-state index in [9.17, 15) is 0 Å². The second kappa shape index (κ2) is 6.71. The molecule has 1 saturated heterocycles. The third-order valence-electron chi connectivity index (χ3n) is 5.55. The minimum absolute atomic E-state index is 0.205. The lowest BCUT2D eigenvalue weighted by Crippen LogP contribution is -2.22. The minimum Gasteiger partial charge on any atom is -0.372 e. The van der Waals surface area contributed by atoms with Crippen molar-refractivity contribution in [2.45, 2.75) is 45.1 Å². The van der Waals surface area contributed by atoms with Crippen molar-refractivity contribution in [3.63, 3.8) is 0 Å². The van der Waals surface area contributed by atoms with Gasteiger partial charge in [-0.1, -0.05) is 57.2 Å². The van der Waals surface area contributed by atoms with Crippen LogP contribution >= 0.6 is 0 Å². The molecule has 4 rings (SSSR count). The molecule has 136 valence electrons. The van der Waals surface area contributed by atoms with Gasteiger partial charge in [-0.2, -0.15) is 0 Å². The first kappa shape index (κ1) is 17.0. The van der Waals surface area contributed by atoms with E-state index in [4.69, 9.17) is 0 Å². The molecule has 0 amide bonds. The molecule has 3 heteroatoms. The number of hydrogen-bond donors (Lipinski definition) is 2. The van der Waals surface area contributed by atoms with E-state index in [0.29, 0.717) is 6.04 Å². The smallest absolute Gasteiger partial charge is 0.0846 e. The summed E-state index contributed by atoms with van der Waals surface area (Å²) >= 11 is 0. The van der Waals surface area contributed by atoms with E-state index in [1.807, 2.05) is 6.20 Å². The molecule has 0 aliphatic carbocycles. The van der Waals surface area contributed by atoms with E-state index in [1.54, 1.807) is 0 Å². The standard InChI is InChI=1S/C23H29N3/c1-23(2,3)19-10-12-20(13-11-19)26-14-4-5-22(26)18-8-6-17(7-9-18)21-15-24-16-25-21/h6-13,15,22,24-25H,4-5,14,16H2,1-3H3/t22-/m1/s1. The Morgan fingerprint density at radius 1 is 0.962 bits per heavy atom. The summed E-state index contributed by atoms with van der Waals surface area (Å²) in [5, 5.41) is 6.56. The molecule has 0 radical (unpaired) electrons. The molecule has 2 aliphatic heterocycles. The fourth-order valence-electron chi connectivity index (χ4n) is 4.00. The van der Waals surface area contributed by atoms with Crippen LogP contribution in [0, 0.1) is 0 Å². The first-order valence-corrected chi connectivity index (χ1v) is 9.67. The maximum Gasteiger partial charge on any atom is 0.0846 e. The van der Waals surface area contributed by atoms with E-state index < -0.39 is 0 Å². The molecule has 2 aliphatic rings. The van der Waals surface area contributed by atoms with Crippen molar-refractivity contribution in [1.29, 1.82) is 0 Å². The molecule has 2 N–H and O–H groups in total. The number of anilines is 1. The van der Waals surface area contributed by atoms with Crippen LogP contribution in [0.25, 0.3) is 5.70 Å². The lowest BCUT2D eigenvalue weighted by atomic mass is 9.87. The molecule has 0 unspecified atom stereocenters. The summed E-state index contributed by atoms with van der Waals surface area (Å²) in [7, 11) is 0. The third-order valence-corrected chi connectivity index (χ3v) is 5.55. The van der Waals surface area contributed by atoms with Crippen LogP contribution in [0.2, 0.25) is 0 Å². The van der Waals surface area contributed by atoms with E-state index >= 15 is 0 Å². The molecule has 3 nitrogen and oxygen atoms in total. The van der Waals surface area contributed by atoms with Crippen LogP contribution in [-0.4, -0.2) is 13.2 Å². The van der Waals surface area contributed by atoms with Gasteiger partial charge in [-0.25, -0.2) is 0 Å². The summed E-state index contributed by atoms with van der Waals surface area (Å²) in [4.78, 5) is 2.57. The van der Waals surface area contributed by atoms with Gasteiger partial charge in [0.05, 0.1) is 18.4 Å². The molecule has 1 fully saturated rings. The SMILES string of the molecule is CC(C)(C)c1ccc(N2CCC[C@@H]2c2ccc(C3=CNCN3)cc2)cc1. The molecule has 2 aromatic carbocycles. The molecule has 2 heterocycles. The topological polar surface area (TPSA) is 27.3 Å². The highest BCUT2D eigenvalue weighted by Gasteiger charge is 2.26. The Kier molecular flexibility index (Phi) is 4.39. The Morgan fingerprint density at radius 3 is 2.31 bits per heavy atom. The third kappa shape index (κ3) is 3.31. The molecule has 0 bridgehead atoms. The van der Waals surface area contributed by atoms with Gasteiger partial charge in [-0.15, -0.1) is 0 Å². The van der Waals surface area contributed by atoms with Crippen LogP contribution in [0.5, 0.6) is 0 Å². The normalized spacial score (nSPS) is 19.9. The van der Waals surface area contributed by atoms with E-state index in [-0.39, 0.29) is 5.41 Å². The Balaban J connectivity index is 1.54. The summed E-state index contributed by atoms with van der Waals surface area (Å²) in [5.41, 5.74) is 6.78. The minimum atomic E-state index is 0.205. The summed E-state index contributed by atoms with van der Waals surface area (Å²) in [6, 6.07) is 18.7. The van der Waals surface area contributed by atoms with Gasteiger partial charge in [0.15, 0.2) is 0 Å². The summed E-state index contributed by atoms with van der Waals surface area (Å²) in [5.74, 6) is 0. The lowest BCUT2D eigenvalue weighted by molar-refractivity contribution is 0.590. The fourth-order valence-corrected chi connectivity index (χ4v) is 4.00. The molecule has 1 atom stereocenters. The maximum absolute atomic E-state index is 3.35. The Morgan fingerprint density at radius 2 is 1.69 bits per heavy atom. The highest BCUT2D eigenvalue weighted by molar-refractivity contribution is 5.65. The van der Waals surface area contributed by atoms with Gasteiger partial charge in [0, 0.05) is 18.4 Å². The van der Waals surface area contributed by atoms with Crippen LogP contribution < -0.4 is 15.5 Å². The summed E-state index contributed by atoms with van der Waals surface area (Å²) in [6.45, 7) is 8.76. The van der Waals surface area contributed by atoms with Crippen molar-refractivity contribution >= 4 is 11.4 Å². The van der Waals surface area contributed by atoms with Gasteiger partial charge in [-0.3, -0.25) is 0 Å². The first-order valence-electron chi connectivity index (χ1n) is 9.67. The quantitative estimate of drug-likeness (QED) is 0.837. The number of hydrogen-bond acceptors (Lipinski definition) is 3. The predicted octanol–water partition coefficient (Wildman–Crippen LogP) is 4.77. The molecule has 0 aromatic heterocycles. The zero-order chi connectivity index (χ0) is 18.1. The van der Waals surface area contributed by atoms with Crippen LogP contribution in [0.1, 0.15) is 56.3 Å². The van der Waals surface area contributed by atoms with E-state index in [1.165, 1.54) is 40.9 Å². The van der Waals surface area contributed by atoms with Crippen LogP contribution in [0.3, 0.4) is 0 Å². The summed E-state index contributed by atoms with van der Waals surface area (Å²) < 4.78 is 0. The molecule has 0 saturated carbocycles. The van der Waals surface area contributed by atoms with Crippen molar-refractivity contribution in [3.05, 3.63) is 71.4 Å². The zero-order valence-electron chi connectivity index (χ0n) is 16.0. The van der Waals surface area contributed by atoms with Gasteiger partial charge in [0.1, 0.15) is 0 Å². The second-order valence-electron chi connectivity index (χ2n) is 8.39. The maximum atomic E-state index is 3.35. The molecular formula is C23H29N3. The van der Waals surface area contributed by atoms with Crippen molar-refractivity contribution in [2.24, 2.45) is 0 Å². The van der Waals surface area contributed by atoms with Gasteiger partial charge in [0.2, 0.25) is 0 Å². The molecular weight excluding hydrogens is 318 g/mol. The summed E-state index contributed by atoms with van der Waals surface area (Å²) in [6.07, 6.45) is 4.53. The number of nitrogens with zero attached hydrogens (tertiary/aromatic N) is 1. The van der Waals surface area contributed by atoms with Gasteiger partial charge in [-0.05, 0) is 47.1 Å². The van der Waals surface area contributed by atoms with Crippen molar-refractivity contribution in [2.75, 3.05) is 18.1 Å². The second-order valence-corrected chi connectivity index (χ2v) is 8.39. The molecule has 26 heavy (non-hydrogen) atoms. The predicted molar refractivity (Wildman–Crippen MR) is 110 cm³/mol. The Labute approximate surface area is 157 Å². The van der Waals surface area contributed by atoms with Crippen molar-refractivity contribution in [3.8, 4) is 0 Å². The number of rotatable bonds is 3. The Hall–Kier alpha value is -2.42. The average Bonchev–Trinajstić information content (AvgIpc) is 3.33. The van der Waals surface area contributed by atoms with E-state index in [0.717, 1.165) is 13.2 Å².